The first-order valence-electron chi connectivity index (χ1n) is 6.30. The molecule has 1 saturated carbocycles. The quantitative estimate of drug-likeness (QED) is 0.851. The lowest BCUT2D eigenvalue weighted by atomic mass is 9.87. The summed E-state index contributed by atoms with van der Waals surface area (Å²) >= 11 is 0. The van der Waals surface area contributed by atoms with Gasteiger partial charge in [0.05, 0.1) is 0 Å². The van der Waals surface area contributed by atoms with Crippen LogP contribution in [0.5, 0.6) is 11.5 Å². The lowest BCUT2D eigenvalue weighted by molar-refractivity contribution is 0.167. The molecule has 2 aliphatic rings. The predicted molar refractivity (Wildman–Crippen MR) is 66.7 cm³/mol. The Morgan fingerprint density at radius 3 is 2.41 bits per heavy atom. The molecule has 3 nitrogen and oxygen atoms in total. The summed E-state index contributed by atoms with van der Waals surface area (Å²) in [5.41, 5.74) is 8.65. The van der Waals surface area contributed by atoms with Crippen molar-refractivity contribution in [3.8, 4) is 11.5 Å². The Morgan fingerprint density at radius 1 is 1.18 bits per heavy atom. The van der Waals surface area contributed by atoms with Crippen molar-refractivity contribution < 1.29 is 9.47 Å². The number of nitrogens with two attached hydrogens (primary N) is 1. The van der Waals surface area contributed by atoms with Crippen LogP contribution in [0.1, 0.15) is 30.9 Å². The second-order valence-corrected chi connectivity index (χ2v) is 5.23. The lowest BCUT2D eigenvalue weighted by Gasteiger charge is -2.28. The van der Waals surface area contributed by atoms with Gasteiger partial charge >= 0.3 is 0 Å². The highest BCUT2D eigenvalue weighted by atomic mass is 16.6. The molecule has 0 bridgehead atoms. The van der Waals surface area contributed by atoms with Crippen molar-refractivity contribution in [3.63, 3.8) is 0 Å². The van der Waals surface area contributed by atoms with Crippen molar-refractivity contribution in [3.05, 3.63) is 23.3 Å². The molecule has 3 heteroatoms. The number of aryl methyl sites for hydroxylation is 1. The molecule has 1 unspecified atom stereocenters. The van der Waals surface area contributed by atoms with Crippen LogP contribution in [0, 0.1) is 6.92 Å². The van der Waals surface area contributed by atoms with Gasteiger partial charge in [-0.1, -0.05) is 12.1 Å². The van der Waals surface area contributed by atoms with Crippen LogP contribution < -0.4 is 15.2 Å². The molecule has 1 aliphatic heterocycles. The zero-order valence-electron chi connectivity index (χ0n) is 10.5. The Kier molecular flexibility index (Phi) is 2.33. The fourth-order valence-electron chi connectivity index (χ4n) is 2.77. The molecule has 1 aromatic rings. The fraction of sp³-hybridized carbons (Fsp3) is 0.571. The van der Waals surface area contributed by atoms with Crippen molar-refractivity contribution in [1.29, 1.82) is 0 Å². The number of fused-ring (bicyclic) bond motifs is 1. The number of ether oxygens (including phenoxy) is 2. The average Bonchev–Trinajstić information content (AvgIpc) is 3.11. The second-order valence-electron chi connectivity index (χ2n) is 5.23. The van der Waals surface area contributed by atoms with E-state index in [4.69, 9.17) is 15.2 Å². The van der Waals surface area contributed by atoms with Gasteiger partial charge in [0.25, 0.3) is 0 Å². The summed E-state index contributed by atoms with van der Waals surface area (Å²) in [5, 5.41) is 0. The summed E-state index contributed by atoms with van der Waals surface area (Å²) in [4.78, 5) is 0. The minimum absolute atomic E-state index is 0.123. The van der Waals surface area contributed by atoms with E-state index in [-0.39, 0.29) is 11.5 Å². The van der Waals surface area contributed by atoms with Gasteiger partial charge in [-0.25, -0.2) is 0 Å². The van der Waals surface area contributed by atoms with Crippen LogP contribution in [-0.4, -0.2) is 19.3 Å². The molecule has 3 rings (SSSR count). The SMILES string of the molecule is Cc1ccc(C2(C(C)N)CC2)c2c1OCCO2. The molecule has 2 N–H and O–H groups in total. The van der Waals surface area contributed by atoms with E-state index >= 15 is 0 Å². The maximum atomic E-state index is 6.14. The van der Waals surface area contributed by atoms with Crippen molar-refractivity contribution in [2.75, 3.05) is 13.2 Å². The van der Waals surface area contributed by atoms with Crippen LogP contribution in [0.15, 0.2) is 12.1 Å². The minimum Gasteiger partial charge on any atom is -0.486 e. The molecule has 0 saturated heterocycles. The zero-order valence-corrected chi connectivity index (χ0v) is 10.5. The largest absolute Gasteiger partial charge is 0.486 e. The lowest BCUT2D eigenvalue weighted by Crippen LogP contribution is -2.32. The first-order valence-corrected chi connectivity index (χ1v) is 6.30. The van der Waals surface area contributed by atoms with Gasteiger partial charge in [0.2, 0.25) is 0 Å². The van der Waals surface area contributed by atoms with E-state index in [1.54, 1.807) is 0 Å². The summed E-state index contributed by atoms with van der Waals surface area (Å²) < 4.78 is 11.6. The van der Waals surface area contributed by atoms with Gasteiger partial charge in [0, 0.05) is 17.0 Å². The molecule has 0 radical (unpaired) electrons. The molecular formula is C14H19NO2. The second kappa shape index (κ2) is 3.64. The summed E-state index contributed by atoms with van der Waals surface area (Å²) in [6, 6.07) is 4.45. The minimum atomic E-state index is 0.123. The van der Waals surface area contributed by atoms with Gasteiger partial charge in [-0.3, -0.25) is 0 Å². The third-order valence-electron chi connectivity index (χ3n) is 4.08. The van der Waals surface area contributed by atoms with E-state index in [0.717, 1.165) is 29.9 Å². The van der Waals surface area contributed by atoms with Crippen LogP contribution in [-0.2, 0) is 5.41 Å². The molecule has 92 valence electrons. The van der Waals surface area contributed by atoms with Gasteiger partial charge < -0.3 is 15.2 Å². The van der Waals surface area contributed by atoms with Crippen LogP contribution >= 0.6 is 0 Å². The molecule has 1 aromatic carbocycles. The summed E-state index contributed by atoms with van der Waals surface area (Å²) in [7, 11) is 0. The Morgan fingerprint density at radius 2 is 1.82 bits per heavy atom. The van der Waals surface area contributed by atoms with Crippen molar-refractivity contribution in [2.45, 2.75) is 38.1 Å². The average molecular weight is 233 g/mol. The molecule has 1 atom stereocenters. The van der Waals surface area contributed by atoms with Gasteiger partial charge in [0.15, 0.2) is 11.5 Å². The smallest absolute Gasteiger partial charge is 0.165 e. The molecule has 0 spiro atoms. The number of hydrogen-bond acceptors (Lipinski definition) is 3. The molecule has 0 aromatic heterocycles. The van der Waals surface area contributed by atoms with Crippen molar-refractivity contribution >= 4 is 0 Å². The van der Waals surface area contributed by atoms with Crippen LogP contribution in [0.4, 0.5) is 0 Å². The monoisotopic (exact) mass is 233 g/mol. The van der Waals surface area contributed by atoms with E-state index in [9.17, 15) is 0 Å². The summed E-state index contributed by atoms with van der Waals surface area (Å²) in [5.74, 6) is 1.85. The number of benzene rings is 1. The first-order chi connectivity index (χ1) is 8.15. The van der Waals surface area contributed by atoms with E-state index < -0.39 is 0 Å². The maximum Gasteiger partial charge on any atom is 0.165 e. The Balaban J connectivity index is 2.12. The standard InChI is InChI=1S/C14H19NO2/c1-9-3-4-11(14(5-6-14)10(2)15)13-12(9)16-7-8-17-13/h3-4,10H,5-8,15H2,1-2H3. The zero-order chi connectivity index (χ0) is 12.0. The highest BCUT2D eigenvalue weighted by Gasteiger charge is 2.50. The molecule has 1 aliphatic carbocycles. The number of hydrogen-bond donors (Lipinski definition) is 1. The maximum absolute atomic E-state index is 6.14. The van der Waals surface area contributed by atoms with E-state index in [1.807, 2.05) is 0 Å². The Bertz CT molecular complexity index is 450. The third kappa shape index (κ3) is 1.53. The van der Waals surface area contributed by atoms with Gasteiger partial charge in [-0.05, 0) is 32.3 Å². The van der Waals surface area contributed by atoms with Gasteiger partial charge in [-0.2, -0.15) is 0 Å². The van der Waals surface area contributed by atoms with Crippen LogP contribution in [0.2, 0.25) is 0 Å². The molecule has 0 amide bonds. The molecule has 1 fully saturated rings. The van der Waals surface area contributed by atoms with Crippen molar-refractivity contribution in [1.82, 2.24) is 0 Å². The van der Waals surface area contributed by atoms with E-state index in [2.05, 4.69) is 26.0 Å². The third-order valence-corrected chi connectivity index (χ3v) is 4.08. The predicted octanol–water partition coefficient (Wildman–Crippen LogP) is 2.15. The van der Waals surface area contributed by atoms with Gasteiger partial charge in [0.1, 0.15) is 13.2 Å². The summed E-state index contributed by atoms with van der Waals surface area (Å²) in [6.07, 6.45) is 2.31. The number of rotatable bonds is 2. The highest BCUT2D eigenvalue weighted by Crippen LogP contribution is 2.55. The van der Waals surface area contributed by atoms with E-state index in [1.165, 1.54) is 5.56 Å². The molecular weight excluding hydrogens is 214 g/mol. The molecule has 1 heterocycles. The van der Waals surface area contributed by atoms with Crippen LogP contribution in [0.25, 0.3) is 0 Å². The molecule has 17 heavy (non-hydrogen) atoms. The highest BCUT2D eigenvalue weighted by molar-refractivity contribution is 5.57. The topological polar surface area (TPSA) is 44.5 Å². The van der Waals surface area contributed by atoms with E-state index in [0.29, 0.717) is 13.2 Å². The fourth-order valence-corrected chi connectivity index (χ4v) is 2.77. The Labute approximate surface area is 102 Å². The van der Waals surface area contributed by atoms with Gasteiger partial charge in [-0.15, -0.1) is 0 Å². The summed E-state index contributed by atoms with van der Waals surface area (Å²) in [6.45, 7) is 5.42. The van der Waals surface area contributed by atoms with Crippen molar-refractivity contribution in [2.24, 2.45) is 5.73 Å². The van der Waals surface area contributed by atoms with Crippen LogP contribution in [0.3, 0.4) is 0 Å². The Hall–Kier alpha value is -1.22. The normalized spacial score (nSPS) is 22.1. The first kappa shape index (κ1) is 10.9.